The fourth-order valence-electron chi connectivity index (χ4n) is 2.65. The third-order valence-corrected chi connectivity index (χ3v) is 4.64. The van der Waals surface area contributed by atoms with E-state index in [9.17, 15) is 27.9 Å². The maximum Gasteiger partial charge on any atom is 0.388 e. The van der Waals surface area contributed by atoms with E-state index in [0.29, 0.717) is 11.3 Å². The van der Waals surface area contributed by atoms with Gasteiger partial charge in [0.15, 0.2) is 22.4 Å². The summed E-state index contributed by atoms with van der Waals surface area (Å²) in [7, 11) is 0. The number of nitrogens with zero attached hydrogens (tertiary/aromatic N) is 1. The maximum absolute atomic E-state index is 14.4. The summed E-state index contributed by atoms with van der Waals surface area (Å²) >= 11 is 0.688. The molecule has 0 aliphatic rings. The monoisotopic (exact) mass is 399 g/mol. The van der Waals surface area contributed by atoms with Crippen molar-refractivity contribution < 1.29 is 37.3 Å². The Bertz CT molecular complexity index is 1060. The summed E-state index contributed by atoms with van der Waals surface area (Å²) in [6.07, 6.45) is 0. The summed E-state index contributed by atoms with van der Waals surface area (Å²) in [4.78, 5) is 24.3. The number of ether oxygens (including phenoxy) is 2. The van der Waals surface area contributed by atoms with Gasteiger partial charge in [-0.15, -0.1) is 0 Å². The topological polar surface area (TPSA) is 77.8 Å². The average molecular weight is 399 g/mol. The predicted molar refractivity (Wildman–Crippen MR) is 90.3 cm³/mol. The van der Waals surface area contributed by atoms with E-state index >= 15 is 0 Å². The van der Waals surface area contributed by atoms with Crippen molar-refractivity contribution >= 4 is 34.1 Å². The van der Waals surface area contributed by atoms with Gasteiger partial charge >= 0.3 is 12.6 Å². The van der Waals surface area contributed by atoms with Crippen LogP contribution in [0, 0.1) is 12.7 Å². The minimum absolute atomic E-state index is 0.0495. The number of aromatic hydroxyl groups is 1. The molecule has 2 aromatic heterocycles. The molecule has 27 heavy (non-hydrogen) atoms. The van der Waals surface area contributed by atoms with E-state index in [1.807, 2.05) is 0 Å². The summed E-state index contributed by atoms with van der Waals surface area (Å²) < 4.78 is 49.4. The molecule has 0 saturated carbocycles. The van der Waals surface area contributed by atoms with E-state index in [1.165, 1.54) is 25.1 Å². The minimum Gasteiger partial charge on any atom is -0.505 e. The molecule has 0 amide bonds. The number of aromatic nitrogens is 1. The maximum atomic E-state index is 14.4. The number of alkyl halides is 2. The van der Waals surface area contributed by atoms with Crippen molar-refractivity contribution in [3.63, 3.8) is 0 Å². The zero-order valence-corrected chi connectivity index (χ0v) is 14.8. The Morgan fingerprint density at radius 2 is 1.93 bits per heavy atom. The second kappa shape index (κ2) is 6.95. The zero-order chi connectivity index (χ0) is 19.9. The number of carbonyl (C=O) groups is 2. The van der Waals surface area contributed by atoms with Gasteiger partial charge in [0.2, 0.25) is 0 Å². The normalized spacial score (nSPS) is 11.2. The van der Waals surface area contributed by atoms with Crippen LogP contribution in [-0.2, 0) is 4.79 Å². The van der Waals surface area contributed by atoms with Crippen LogP contribution in [0.15, 0.2) is 24.3 Å². The highest BCUT2D eigenvalue weighted by Gasteiger charge is 2.26. The number of benzene rings is 1. The van der Waals surface area contributed by atoms with E-state index < -0.39 is 30.1 Å². The second-order valence-electron chi connectivity index (χ2n) is 5.44. The number of thiophene rings is 1. The zero-order valence-electron chi connectivity index (χ0n) is 14.0. The van der Waals surface area contributed by atoms with Crippen molar-refractivity contribution in [1.29, 1.82) is 0 Å². The van der Waals surface area contributed by atoms with Gasteiger partial charge in [-0.2, -0.15) is 8.78 Å². The number of carbonyl (C=O) groups excluding carboxylic acids is 2. The van der Waals surface area contributed by atoms with Gasteiger partial charge in [-0.3, -0.25) is 14.2 Å². The first-order valence-electron chi connectivity index (χ1n) is 7.51. The molecule has 2 heterocycles. The van der Waals surface area contributed by atoms with E-state index in [1.54, 1.807) is 0 Å². The molecule has 0 fully saturated rings. The van der Waals surface area contributed by atoms with Crippen molar-refractivity contribution in [3.05, 3.63) is 40.7 Å². The highest BCUT2D eigenvalue weighted by atomic mass is 32.1. The molecule has 0 spiro atoms. The molecule has 1 N–H and O–H groups in total. The quantitative estimate of drug-likeness (QED) is 0.669. The fraction of sp³-hybridized carbons (Fsp3) is 0.176. The van der Waals surface area contributed by atoms with Crippen LogP contribution in [0.2, 0.25) is 0 Å². The highest BCUT2D eigenvalue weighted by Crippen LogP contribution is 2.39. The first-order chi connectivity index (χ1) is 12.7. The van der Waals surface area contributed by atoms with E-state index in [0.717, 1.165) is 17.6 Å². The predicted octanol–water partition coefficient (Wildman–Crippen LogP) is 4.07. The highest BCUT2D eigenvalue weighted by molar-refractivity contribution is 7.15. The van der Waals surface area contributed by atoms with Gasteiger partial charge in [-0.05, 0) is 31.2 Å². The molecular formula is C17H12F3NO5S. The molecule has 0 aliphatic carbocycles. The lowest BCUT2D eigenvalue weighted by Crippen LogP contribution is -2.12. The Labute approximate surface area is 154 Å². The van der Waals surface area contributed by atoms with Crippen molar-refractivity contribution in [3.8, 4) is 16.6 Å². The van der Waals surface area contributed by atoms with E-state index in [4.69, 9.17) is 4.74 Å². The molecular weight excluding hydrogens is 387 g/mol. The van der Waals surface area contributed by atoms with Gasteiger partial charge in [-0.25, -0.2) is 4.39 Å². The molecule has 1 aromatic carbocycles. The van der Waals surface area contributed by atoms with Gasteiger partial charge in [0, 0.05) is 6.92 Å². The van der Waals surface area contributed by atoms with Crippen LogP contribution in [0.1, 0.15) is 22.3 Å². The summed E-state index contributed by atoms with van der Waals surface area (Å²) in [5, 5.41) is 9.22. The molecule has 0 saturated heterocycles. The van der Waals surface area contributed by atoms with Crippen LogP contribution in [0.5, 0.6) is 16.6 Å². The first-order valence-corrected chi connectivity index (χ1v) is 8.32. The largest absolute Gasteiger partial charge is 0.505 e. The molecule has 0 radical (unpaired) electrons. The van der Waals surface area contributed by atoms with Crippen molar-refractivity contribution in [2.45, 2.75) is 20.5 Å². The Morgan fingerprint density at radius 1 is 1.22 bits per heavy atom. The van der Waals surface area contributed by atoms with Gasteiger partial charge < -0.3 is 14.6 Å². The Morgan fingerprint density at radius 3 is 2.56 bits per heavy atom. The number of hydrogen-bond acceptors (Lipinski definition) is 6. The van der Waals surface area contributed by atoms with E-state index in [2.05, 4.69) is 4.74 Å². The lowest BCUT2D eigenvalue weighted by atomic mass is 10.2. The lowest BCUT2D eigenvalue weighted by Gasteiger charge is -2.05. The van der Waals surface area contributed by atoms with Crippen LogP contribution in [0.25, 0.3) is 10.9 Å². The summed E-state index contributed by atoms with van der Waals surface area (Å²) in [5.74, 6) is -3.33. The molecule has 142 valence electrons. The van der Waals surface area contributed by atoms with Crippen molar-refractivity contribution in [2.24, 2.45) is 0 Å². The van der Waals surface area contributed by atoms with Crippen LogP contribution in [-0.4, -0.2) is 28.2 Å². The number of phenolic OH excluding ortho intramolecular Hbond substituents is 1. The van der Waals surface area contributed by atoms with Gasteiger partial charge in [0.25, 0.3) is 5.91 Å². The van der Waals surface area contributed by atoms with Crippen molar-refractivity contribution in [2.75, 3.05) is 0 Å². The number of hydrogen-bond donors (Lipinski definition) is 1. The van der Waals surface area contributed by atoms with Crippen LogP contribution in [0.3, 0.4) is 0 Å². The summed E-state index contributed by atoms with van der Waals surface area (Å²) in [6, 6.07) is 4.84. The minimum atomic E-state index is -3.03. The van der Waals surface area contributed by atoms with Crippen LogP contribution < -0.4 is 9.47 Å². The molecule has 0 unspecified atom stereocenters. The number of phenols is 1. The van der Waals surface area contributed by atoms with Crippen LogP contribution >= 0.6 is 11.3 Å². The fourth-order valence-corrected chi connectivity index (χ4v) is 3.44. The summed E-state index contributed by atoms with van der Waals surface area (Å²) in [5.41, 5.74) is 0.160. The Balaban J connectivity index is 2.18. The third kappa shape index (κ3) is 3.35. The second-order valence-corrected chi connectivity index (χ2v) is 6.49. The smallest absolute Gasteiger partial charge is 0.388 e. The van der Waals surface area contributed by atoms with Gasteiger partial charge in [0.05, 0.1) is 21.5 Å². The molecule has 3 rings (SSSR count). The Hall–Kier alpha value is -3.01. The van der Waals surface area contributed by atoms with Gasteiger partial charge in [-0.1, -0.05) is 11.3 Å². The lowest BCUT2D eigenvalue weighted by molar-refractivity contribution is -0.131. The Kier molecular flexibility index (Phi) is 4.83. The van der Waals surface area contributed by atoms with Crippen molar-refractivity contribution in [1.82, 2.24) is 4.57 Å². The third-order valence-electron chi connectivity index (χ3n) is 3.68. The van der Waals surface area contributed by atoms with E-state index in [-0.39, 0.29) is 32.3 Å². The van der Waals surface area contributed by atoms with Gasteiger partial charge in [0.1, 0.15) is 0 Å². The standard InChI is InChI=1S/C17H12F3NO5S/c1-7-15(25-8(2)22)13-9(3-4-10(23)14(13)18)21(7)16(24)11-5-6-12(27-11)26-17(19)20/h3-6,17,23H,1-2H3. The number of esters is 1. The van der Waals surface area contributed by atoms with Crippen LogP contribution in [0.4, 0.5) is 13.2 Å². The molecule has 0 bridgehead atoms. The number of halogens is 3. The number of rotatable bonds is 4. The SMILES string of the molecule is CC(=O)Oc1c(C)n(C(=O)c2ccc(OC(F)F)s2)c2ccc(O)c(F)c12. The molecule has 0 aliphatic heterocycles. The summed E-state index contributed by atoms with van der Waals surface area (Å²) in [6.45, 7) is -0.497. The molecule has 3 aromatic rings. The average Bonchev–Trinajstić information content (AvgIpc) is 3.13. The first kappa shape index (κ1) is 18.8. The number of fused-ring (bicyclic) bond motifs is 1. The molecule has 10 heteroatoms. The molecule has 0 atom stereocenters. The molecule has 6 nitrogen and oxygen atoms in total.